The third-order valence-electron chi connectivity index (χ3n) is 2.74. The van der Waals surface area contributed by atoms with Crippen LogP contribution in [0.3, 0.4) is 0 Å². The fourth-order valence-corrected chi connectivity index (χ4v) is 1.93. The standard InChI is InChI=1S/C13H21NO2/c1-4-5-9(2)14-10(3)12-7-6-11(15)8-13(12)16/h6-10,14-16H,4-5H2,1-3H3. The van der Waals surface area contributed by atoms with Crippen molar-refractivity contribution in [1.29, 1.82) is 0 Å². The first-order valence-electron chi connectivity index (χ1n) is 5.82. The van der Waals surface area contributed by atoms with Crippen molar-refractivity contribution in [2.75, 3.05) is 0 Å². The zero-order valence-electron chi connectivity index (χ0n) is 10.2. The van der Waals surface area contributed by atoms with E-state index in [1.807, 2.05) is 6.92 Å². The van der Waals surface area contributed by atoms with E-state index < -0.39 is 0 Å². The van der Waals surface area contributed by atoms with Crippen molar-refractivity contribution in [3.63, 3.8) is 0 Å². The average Bonchev–Trinajstić information content (AvgIpc) is 2.17. The molecule has 1 rings (SSSR count). The molecule has 0 amide bonds. The number of hydrogen-bond acceptors (Lipinski definition) is 3. The molecule has 0 fully saturated rings. The highest BCUT2D eigenvalue weighted by atomic mass is 16.3. The molecule has 0 saturated carbocycles. The molecule has 3 nitrogen and oxygen atoms in total. The Morgan fingerprint density at radius 1 is 1.25 bits per heavy atom. The van der Waals surface area contributed by atoms with E-state index in [2.05, 4.69) is 19.2 Å². The zero-order chi connectivity index (χ0) is 12.1. The summed E-state index contributed by atoms with van der Waals surface area (Å²) < 4.78 is 0. The minimum Gasteiger partial charge on any atom is -0.508 e. The first kappa shape index (κ1) is 12.8. The summed E-state index contributed by atoms with van der Waals surface area (Å²) >= 11 is 0. The van der Waals surface area contributed by atoms with Gasteiger partial charge in [0.25, 0.3) is 0 Å². The fourth-order valence-electron chi connectivity index (χ4n) is 1.93. The molecule has 90 valence electrons. The van der Waals surface area contributed by atoms with Crippen LogP contribution < -0.4 is 5.32 Å². The Hall–Kier alpha value is -1.22. The van der Waals surface area contributed by atoms with Crippen molar-refractivity contribution < 1.29 is 10.2 Å². The highest BCUT2D eigenvalue weighted by Gasteiger charge is 2.12. The molecule has 2 unspecified atom stereocenters. The number of phenolic OH excluding ortho intramolecular Hbond substituents is 2. The Morgan fingerprint density at radius 3 is 2.50 bits per heavy atom. The van der Waals surface area contributed by atoms with Crippen LogP contribution in [0.4, 0.5) is 0 Å². The van der Waals surface area contributed by atoms with Gasteiger partial charge in [0, 0.05) is 23.7 Å². The summed E-state index contributed by atoms with van der Waals surface area (Å²) in [5, 5.41) is 22.3. The smallest absolute Gasteiger partial charge is 0.124 e. The Kier molecular flexibility index (Phi) is 4.62. The van der Waals surface area contributed by atoms with Gasteiger partial charge >= 0.3 is 0 Å². The number of phenols is 2. The molecule has 0 heterocycles. The van der Waals surface area contributed by atoms with Gasteiger partial charge < -0.3 is 15.5 Å². The molecule has 1 aromatic rings. The van der Waals surface area contributed by atoms with Crippen molar-refractivity contribution in [2.45, 2.75) is 45.7 Å². The predicted molar refractivity (Wildman–Crippen MR) is 65.7 cm³/mol. The topological polar surface area (TPSA) is 52.5 Å². The molecule has 3 N–H and O–H groups in total. The summed E-state index contributed by atoms with van der Waals surface area (Å²) in [6.07, 6.45) is 2.26. The summed E-state index contributed by atoms with van der Waals surface area (Å²) in [5.74, 6) is 0.235. The van der Waals surface area contributed by atoms with Gasteiger partial charge in [-0.05, 0) is 26.3 Å². The monoisotopic (exact) mass is 223 g/mol. The van der Waals surface area contributed by atoms with Crippen LogP contribution >= 0.6 is 0 Å². The predicted octanol–water partition coefficient (Wildman–Crippen LogP) is 2.94. The van der Waals surface area contributed by atoms with Gasteiger partial charge in [0.2, 0.25) is 0 Å². The highest BCUT2D eigenvalue weighted by molar-refractivity contribution is 5.40. The second-order valence-corrected chi connectivity index (χ2v) is 4.32. The highest BCUT2D eigenvalue weighted by Crippen LogP contribution is 2.28. The maximum absolute atomic E-state index is 9.70. The second kappa shape index (κ2) is 5.75. The maximum Gasteiger partial charge on any atom is 0.124 e. The maximum atomic E-state index is 9.70. The minimum atomic E-state index is 0.0853. The van der Waals surface area contributed by atoms with E-state index in [9.17, 15) is 10.2 Å². The van der Waals surface area contributed by atoms with Crippen LogP contribution in [0.5, 0.6) is 11.5 Å². The molecule has 0 aliphatic rings. The molecular formula is C13H21NO2. The lowest BCUT2D eigenvalue weighted by molar-refractivity contribution is 0.416. The quantitative estimate of drug-likeness (QED) is 0.719. The average molecular weight is 223 g/mol. The molecule has 0 bridgehead atoms. The number of benzene rings is 1. The SMILES string of the molecule is CCCC(C)NC(C)c1ccc(O)cc1O. The van der Waals surface area contributed by atoms with Gasteiger partial charge in [-0.3, -0.25) is 0 Å². The van der Waals surface area contributed by atoms with Crippen molar-refractivity contribution in [2.24, 2.45) is 0 Å². The summed E-state index contributed by atoms with van der Waals surface area (Å²) in [7, 11) is 0. The van der Waals surface area contributed by atoms with Crippen LogP contribution in [0, 0.1) is 0 Å². The van der Waals surface area contributed by atoms with E-state index in [1.54, 1.807) is 12.1 Å². The summed E-state index contributed by atoms with van der Waals surface area (Å²) in [5.41, 5.74) is 0.820. The Labute approximate surface area is 97.1 Å². The van der Waals surface area contributed by atoms with Gasteiger partial charge in [-0.1, -0.05) is 19.4 Å². The largest absolute Gasteiger partial charge is 0.508 e. The van der Waals surface area contributed by atoms with Crippen LogP contribution in [0.15, 0.2) is 18.2 Å². The van der Waals surface area contributed by atoms with Gasteiger partial charge in [0.15, 0.2) is 0 Å². The number of rotatable bonds is 5. The number of aromatic hydroxyl groups is 2. The lowest BCUT2D eigenvalue weighted by Crippen LogP contribution is -2.28. The zero-order valence-corrected chi connectivity index (χ0v) is 10.2. The van der Waals surface area contributed by atoms with E-state index in [1.165, 1.54) is 6.07 Å². The van der Waals surface area contributed by atoms with Crippen LogP contribution in [0.2, 0.25) is 0 Å². The van der Waals surface area contributed by atoms with Crippen LogP contribution in [0.25, 0.3) is 0 Å². The molecule has 1 aromatic carbocycles. The van der Waals surface area contributed by atoms with Crippen molar-refractivity contribution in [1.82, 2.24) is 5.32 Å². The molecule has 2 atom stereocenters. The van der Waals surface area contributed by atoms with Crippen LogP contribution in [0.1, 0.15) is 45.2 Å². The molecular weight excluding hydrogens is 202 g/mol. The van der Waals surface area contributed by atoms with Gasteiger partial charge in [-0.2, -0.15) is 0 Å². The molecule has 0 radical (unpaired) electrons. The molecule has 0 aliphatic heterocycles. The molecule has 0 aromatic heterocycles. The number of nitrogens with one attached hydrogen (secondary N) is 1. The molecule has 16 heavy (non-hydrogen) atoms. The fraction of sp³-hybridized carbons (Fsp3) is 0.538. The van der Waals surface area contributed by atoms with E-state index in [-0.39, 0.29) is 17.5 Å². The Morgan fingerprint density at radius 2 is 1.94 bits per heavy atom. The third-order valence-corrected chi connectivity index (χ3v) is 2.74. The molecule has 0 saturated heterocycles. The van der Waals surface area contributed by atoms with E-state index in [0.717, 1.165) is 18.4 Å². The normalized spacial score (nSPS) is 14.7. The van der Waals surface area contributed by atoms with Crippen molar-refractivity contribution in [3.05, 3.63) is 23.8 Å². The third kappa shape index (κ3) is 3.42. The molecule has 0 spiro atoms. The van der Waals surface area contributed by atoms with Crippen LogP contribution in [-0.4, -0.2) is 16.3 Å². The van der Waals surface area contributed by atoms with Crippen molar-refractivity contribution in [3.8, 4) is 11.5 Å². The van der Waals surface area contributed by atoms with Gasteiger partial charge in [0.1, 0.15) is 11.5 Å². The molecule has 0 aliphatic carbocycles. The number of hydrogen-bond donors (Lipinski definition) is 3. The second-order valence-electron chi connectivity index (χ2n) is 4.32. The minimum absolute atomic E-state index is 0.0853. The summed E-state index contributed by atoms with van der Waals surface area (Å²) in [6.45, 7) is 6.30. The van der Waals surface area contributed by atoms with Crippen molar-refractivity contribution >= 4 is 0 Å². The van der Waals surface area contributed by atoms with Gasteiger partial charge in [-0.25, -0.2) is 0 Å². The lowest BCUT2D eigenvalue weighted by Gasteiger charge is -2.20. The van der Waals surface area contributed by atoms with Crippen LogP contribution in [-0.2, 0) is 0 Å². The van der Waals surface area contributed by atoms with Gasteiger partial charge in [-0.15, -0.1) is 0 Å². The molecule has 3 heteroatoms. The van der Waals surface area contributed by atoms with E-state index in [0.29, 0.717) is 6.04 Å². The first-order valence-corrected chi connectivity index (χ1v) is 5.82. The van der Waals surface area contributed by atoms with E-state index >= 15 is 0 Å². The summed E-state index contributed by atoms with van der Waals surface area (Å²) in [4.78, 5) is 0. The first-order chi connectivity index (χ1) is 7.54. The van der Waals surface area contributed by atoms with E-state index in [4.69, 9.17) is 0 Å². The Bertz CT molecular complexity index is 339. The lowest BCUT2D eigenvalue weighted by atomic mass is 10.1. The summed E-state index contributed by atoms with van der Waals surface area (Å²) in [6, 6.07) is 5.23. The Balaban J connectivity index is 2.69. The van der Waals surface area contributed by atoms with Gasteiger partial charge in [0.05, 0.1) is 0 Å².